The molecule has 2 nitrogen and oxygen atoms in total. The molecule has 1 aliphatic heterocycles. The predicted octanol–water partition coefficient (Wildman–Crippen LogP) is 2.50. The molecular weight excluding hydrogens is 275 g/mol. The maximum absolute atomic E-state index is 4.43. The zero-order chi connectivity index (χ0) is 9.10. The molecule has 0 amide bonds. The lowest BCUT2D eigenvalue weighted by molar-refractivity contribution is 0.405. The molecule has 1 aliphatic rings. The first-order valence-electron chi connectivity index (χ1n) is 4.71. The van der Waals surface area contributed by atoms with Crippen LogP contribution in [0.25, 0.3) is 0 Å². The second kappa shape index (κ2) is 4.37. The first-order chi connectivity index (χ1) is 6.36. The lowest BCUT2D eigenvalue weighted by Gasteiger charge is -2.22. The average Bonchev–Trinajstić information content (AvgIpc) is 2.20. The third kappa shape index (κ3) is 2.40. The molecule has 1 aromatic heterocycles. The molecule has 1 N–H and O–H groups in total. The van der Waals surface area contributed by atoms with E-state index in [9.17, 15) is 0 Å². The molecule has 3 heteroatoms. The van der Waals surface area contributed by atoms with Gasteiger partial charge in [-0.2, -0.15) is 0 Å². The highest BCUT2D eigenvalue weighted by molar-refractivity contribution is 14.1. The highest BCUT2D eigenvalue weighted by Gasteiger charge is 2.14. The van der Waals surface area contributed by atoms with Crippen LogP contribution in [0.5, 0.6) is 0 Å². The molecule has 1 atom stereocenters. The van der Waals surface area contributed by atoms with Crippen molar-refractivity contribution in [2.45, 2.75) is 25.3 Å². The molecule has 0 bridgehead atoms. The molecule has 0 radical (unpaired) electrons. The molecule has 0 aliphatic carbocycles. The minimum absolute atomic E-state index is 0.491. The van der Waals surface area contributed by atoms with Crippen LogP contribution in [0, 0.1) is 3.57 Å². The standard InChI is InChI=1S/C10H13IN2/c11-8-4-5-10(13-7-8)9-3-1-2-6-12-9/h4-5,7,9,12H,1-3,6H2. The summed E-state index contributed by atoms with van der Waals surface area (Å²) in [6, 6.07) is 4.75. The Morgan fingerprint density at radius 2 is 2.31 bits per heavy atom. The van der Waals surface area contributed by atoms with Gasteiger partial charge in [0, 0.05) is 15.8 Å². The van der Waals surface area contributed by atoms with Gasteiger partial charge in [-0.15, -0.1) is 0 Å². The highest BCUT2D eigenvalue weighted by Crippen LogP contribution is 2.21. The van der Waals surface area contributed by atoms with Crippen LogP contribution in [0.3, 0.4) is 0 Å². The third-order valence-corrected chi connectivity index (χ3v) is 3.06. The number of halogens is 1. The number of pyridine rings is 1. The van der Waals surface area contributed by atoms with Crippen molar-refractivity contribution < 1.29 is 0 Å². The van der Waals surface area contributed by atoms with Crippen LogP contribution < -0.4 is 5.32 Å². The number of rotatable bonds is 1. The Morgan fingerprint density at radius 1 is 1.38 bits per heavy atom. The molecule has 1 unspecified atom stereocenters. The summed E-state index contributed by atoms with van der Waals surface area (Å²) in [5.74, 6) is 0. The van der Waals surface area contributed by atoms with Gasteiger partial charge in [0.05, 0.1) is 5.69 Å². The van der Waals surface area contributed by atoms with E-state index in [1.807, 2.05) is 6.20 Å². The zero-order valence-electron chi connectivity index (χ0n) is 7.46. The van der Waals surface area contributed by atoms with Crippen LogP contribution in [-0.4, -0.2) is 11.5 Å². The van der Waals surface area contributed by atoms with Gasteiger partial charge >= 0.3 is 0 Å². The Bertz CT molecular complexity index is 265. The molecule has 1 saturated heterocycles. The summed E-state index contributed by atoms with van der Waals surface area (Å²) < 4.78 is 1.21. The van der Waals surface area contributed by atoms with E-state index in [0.29, 0.717) is 6.04 Å². The van der Waals surface area contributed by atoms with E-state index in [4.69, 9.17) is 0 Å². The molecule has 2 heterocycles. The Morgan fingerprint density at radius 3 is 2.92 bits per heavy atom. The minimum Gasteiger partial charge on any atom is -0.309 e. The SMILES string of the molecule is Ic1ccc(C2CCCCN2)nc1. The van der Waals surface area contributed by atoms with E-state index in [1.165, 1.54) is 28.5 Å². The van der Waals surface area contributed by atoms with Crippen LogP contribution >= 0.6 is 22.6 Å². The highest BCUT2D eigenvalue weighted by atomic mass is 127. The molecule has 0 spiro atoms. The van der Waals surface area contributed by atoms with Crippen LogP contribution in [0.1, 0.15) is 31.0 Å². The molecule has 13 heavy (non-hydrogen) atoms. The van der Waals surface area contributed by atoms with Gasteiger partial charge in [0.15, 0.2) is 0 Å². The summed E-state index contributed by atoms with van der Waals surface area (Å²) in [6.45, 7) is 1.14. The van der Waals surface area contributed by atoms with Crippen molar-refractivity contribution in [2.75, 3.05) is 6.54 Å². The van der Waals surface area contributed by atoms with Crippen molar-refractivity contribution in [1.29, 1.82) is 0 Å². The van der Waals surface area contributed by atoms with Gasteiger partial charge in [-0.25, -0.2) is 0 Å². The Balaban J connectivity index is 2.10. The van der Waals surface area contributed by atoms with E-state index in [2.05, 4.69) is 45.0 Å². The molecule has 2 rings (SSSR count). The van der Waals surface area contributed by atoms with E-state index >= 15 is 0 Å². The van der Waals surface area contributed by atoms with E-state index in [1.54, 1.807) is 0 Å². The number of piperidine rings is 1. The summed E-state index contributed by atoms with van der Waals surface area (Å²) in [5, 5.41) is 3.49. The fraction of sp³-hybridized carbons (Fsp3) is 0.500. The maximum Gasteiger partial charge on any atom is 0.0573 e. The van der Waals surface area contributed by atoms with Gasteiger partial charge < -0.3 is 5.32 Å². The van der Waals surface area contributed by atoms with Gasteiger partial charge in [0.25, 0.3) is 0 Å². The van der Waals surface area contributed by atoms with E-state index < -0.39 is 0 Å². The average molecular weight is 288 g/mol. The number of nitrogens with zero attached hydrogens (tertiary/aromatic N) is 1. The quantitative estimate of drug-likeness (QED) is 0.803. The summed E-state index contributed by atoms with van der Waals surface area (Å²) in [6.07, 6.45) is 5.80. The van der Waals surface area contributed by atoms with E-state index in [0.717, 1.165) is 6.54 Å². The van der Waals surface area contributed by atoms with Gasteiger partial charge in [-0.05, 0) is 54.1 Å². The molecule has 0 aromatic carbocycles. The first kappa shape index (κ1) is 9.40. The maximum atomic E-state index is 4.43. The van der Waals surface area contributed by atoms with Gasteiger partial charge in [-0.1, -0.05) is 6.42 Å². The second-order valence-electron chi connectivity index (χ2n) is 3.40. The second-order valence-corrected chi connectivity index (χ2v) is 4.65. The van der Waals surface area contributed by atoms with Crippen LogP contribution in [-0.2, 0) is 0 Å². The van der Waals surface area contributed by atoms with Crippen molar-refractivity contribution in [3.8, 4) is 0 Å². The van der Waals surface area contributed by atoms with Crippen molar-refractivity contribution in [3.05, 3.63) is 27.6 Å². The minimum atomic E-state index is 0.491. The van der Waals surface area contributed by atoms with Crippen molar-refractivity contribution >= 4 is 22.6 Å². The van der Waals surface area contributed by atoms with Crippen molar-refractivity contribution in [1.82, 2.24) is 10.3 Å². The van der Waals surface area contributed by atoms with E-state index in [-0.39, 0.29) is 0 Å². The lowest BCUT2D eigenvalue weighted by Crippen LogP contribution is -2.27. The molecule has 70 valence electrons. The number of aromatic nitrogens is 1. The number of hydrogen-bond donors (Lipinski definition) is 1. The summed E-state index contributed by atoms with van der Waals surface area (Å²) in [5.41, 5.74) is 1.19. The number of nitrogens with one attached hydrogen (secondary N) is 1. The number of hydrogen-bond acceptors (Lipinski definition) is 2. The zero-order valence-corrected chi connectivity index (χ0v) is 9.62. The molecule has 0 saturated carbocycles. The predicted molar refractivity (Wildman–Crippen MR) is 61.5 cm³/mol. The molecule has 1 aromatic rings. The summed E-state index contributed by atoms with van der Waals surface area (Å²) in [4.78, 5) is 4.43. The van der Waals surface area contributed by atoms with Gasteiger partial charge in [0.1, 0.15) is 0 Å². The van der Waals surface area contributed by atoms with Crippen LogP contribution in [0.4, 0.5) is 0 Å². The van der Waals surface area contributed by atoms with Crippen molar-refractivity contribution in [3.63, 3.8) is 0 Å². The molecular formula is C10H13IN2. The molecule has 1 fully saturated rings. The van der Waals surface area contributed by atoms with Crippen LogP contribution in [0.15, 0.2) is 18.3 Å². The van der Waals surface area contributed by atoms with Crippen LogP contribution in [0.2, 0.25) is 0 Å². The normalized spacial score (nSPS) is 23.0. The monoisotopic (exact) mass is 288 g/mol. The smallest absolute Gasteiger partial charge is 0.0573 e. The summed E-state index contributed by atoms with van der Waals surface area (Å²) >= 11 is 2.28. The Kier molecular flexibility index (Phi) is 3.16. The topological polar surface area (TPSA) is 24.9 Å². The summed E-state index contributed by atoms with van der Waals surface area (Å²) in [7, 11) is 0. The fourth-order valence-electron chi connectivity index (χ4n) is 1.70. The first-order valence-corrected chi connectivity index (χ1v) is 5.79. The third-order valence-electron chi connectivity index (χ3n) is 2.42. The fourth-order valence-corrected chi connectivity index (χ4v) is 2.02. The Labute approximate surface area is 92.3 Å². The van der Waals surface area contributed by atoms with Crippen molar-refractivity contribution in [2.24, 2.45) is 0 Å². The largest absolute Gasteiger partial charge is 0.309 e. The van der Waals surface area contributed by atoms with Gasteiger partial charge in [0.2, 0.25) is 0 Å². The lowest BCUT2D eigenvalue weighted by atomic mass is 10.0. The van der Waals surface area contributed by atoms with Gasteiger partial charge in [-0.3, -0.25) is 4.98 Å². The Hall–Kier alpha value is -0.160.